The first kappa shape index (κ1) is 18.1. The predicted molar refractivity (Wildman–Crippen MR) is 98.5 cm³/mol. The number of hydrogen-bond donors (Lipinski definition) is 3. The minimum Gasteiger partial charge on any atom is -0.494 e. The quantitative estimate of drug-likeness (QED) is 0.553. The minimum atomic E-state index is -0.444. The van der Waals surface area contributed by atoms with Crippen LogP contribution >= 0.6 is 12.2 Å². The molecule has 0 aliphatic heterocycles. The van der Waals surface area contributed by atoms with Gasteiger partial charge in [-0.25, -0.2) is 0 Å². The highest BCUT2D eigenvalue weighted by atomic mass is 32.1. The van der Waals surface area contributed by atoms with Gasteiger partial charge in [0.25, 0.3) is 5.56 Å². The number of benzene rings is 1. The Labute approximate surface area is 146 Å². The summed E-state index contributed by atoms with van der Waals surface area (Å²) in [5.41, 5.74) is 2.38. The lowest BCUT2D eigenvalue weighted by Crippen LogP contribution is -3.06. The van der Waals surface area contributed by atoms with E-state index in [4.69, 9.17) is 12.2 Å². The molecule has 0 aliphatic rings. The van der Waals surface area contributed by atoms with Crippen molar-refractivity contribution in [1.82, 2.24) is 9.55 Å². The van der Waals surface area contributed by atoms with Crippen LogP contribution in [0.5, 0.6) is 5.88 Å². The van der Waals surface area contributed by atoms with Crippen LogP contribution in [-0.4, -0.2) is 48.1 Å². The molecule has 0 saturated carbocycles. The summed E-state index contributed by atoms with van der Waals surface area (Å²) in [6.07, 6.45) is 1.41. The summed E-state index contributed by atoms with van der Waals surface area (Å²) in [6.45, 7) is 5.29. The number of aryl methyl sites for hydroxylation is 2. The molecule has 0 atom stereocenters. The molecule has 0 fully saturated rings. The molecular formula is C17H23N4O2S+. The molecule has 6 nitrogen and oxygen atoms in total. The van der Waals surface area contributed by atoms with Gasteiger partial charge in [0.2, 0.25) is 5.88 Å². The zero-order chi connectivity index (χ0) is 17.9. The second-order valence-corrected chi connectivity index (χ2v) is 6.50. The van der Waals surface area contributed by atoms with Gasteiger partial charge in [-0.2, -0.15) is 0 Å². The van der Waals surface area contributed by atoms with Crippen molar-refractivity contribution >= 4 is 18.4 Å². The fraction of sp³-hybridized carbons (Fsp3) is 0.353. The fourth-order valence-corrected chi connectivity index (χ4v) is 2.56. The van der Waals surface area contributed by atoms with E-state index in [1.54, 1.807) is 0 Å². The topological polar surface area (TPSA) is 74.8 Å². The number of aromatic nitrogens is 2. The van der Waals surface area contributed by atoms with Gasteiger partial charge >= 0.3 is 0 Å². The van der Waals surface area contributed by atoms with Crippen LogP contribution in [0.1, 0.15) is 16.7 Å². The van der Waals surface area contributed by atoms with Gasteiger partial charge in [-0.3, -0.25) is 19.3 Å². The summed E-state index contributed by atoms with van der Waals surface area (Å²) in [6, 6.07) is 5.85. The van der Waals surface area contributed by atoms with Crippen LogP contribution in [-0.2, 0) is 0 Å². The highest BCUT2D eigenvalue weighted by molar-refractivity contribution is 7.71. The van der Waals surface area contributed by atoms with E-state index in [0.717, 1.165) is 23.4 Å². The molecule has 1 aromatic heterocycles. The maximum Gasteiger partial charge on any atom is 0.264 e. The van der Waals surface area contributed by atoms with E-state index in [1.165, 1.54) is 15.7 Å². The highest BCUT2D eigenvalue weighted by Gasteiger charge is 2.14. The predicted octanol–water partition coefficient (Wildman–Crippen LogP) is 0.781. The van der Waals surface area contributed by atoms with Crippen molar-refractivity contribution in [2.24, 2.45) is 4.99 Å². The normalized spacial score (nSPS) is 11.5. The number of nitrogens with zero attached hydrogens (tertiary/aromatic N) is 2. The van der Waals surface area contributed by atoms with Gasteiger partial charge in [-0.1, -0.05) is 12.1 Å². The van der Waals surface area contributed by atoms with Crippen LogP contribution in [0.15, 0.2) is 28.0 Å². The van der Waals surface area contributed by atoms with Gasteiger partial charge in [-0.05, 0) is 43.3 Å². The van der Waals surface area contributed by atoms with E-state index >= 15 is 0 Å². The van der Waals surface area contributed by atoms with Crippen molar-refractivity contribution in [3.05, 3.63) is 50.0 Å². The molecule has 1 aromatic carbocycles. The molecule has 0 aliphatic carbocycles. The number of quaternary nitrogens is 1. The first-order valence-electron chi connectivity index (χ1n) is 7.76. The molecule has 0 amide bonds. The van der Waals surface area contributed by atoms with Crippen LogP contribution in [0, 0.1) is 18.6 Å². The summed E-state index contributed by atoms with van der Waals surface area (Å²) in [5.74, 6) is -0.196. The number of nitrogens with one attached hydrogen (secondary N) is 2. The molecule has 2 rings (SSSR count). The monoisotopic (exact) mass is 347 g/mol. The Morgan fingerprint density at radius 2 is 2.08 bits per heavy atom. The van der Waals surface area contributed by atoms with Gasteiger partial charge in [-0.15, -0.1) is 0 Å². The molecule has 0 bridgehead atoms. The van der Waals surface area contributed by atoms with E-state index < -0.39 is 5.56 Å². The third-order valence-electron chi connectivity index (χ3n) is 3.69. The van der Waals surface area contributed by atoms with Crippen molar-refractivity contribution in [3.63, 3.8) is 0 Å². The molecule has 7 heteroatoms. The van der Waals surface area contributed by atoms with Gasteiger partial charge in [0.1, 0.15) is 5.56 Å². The van der Waals surface area contributed by atoms with E-state index in [0.29, 0.717) is 6.54 Å². The lowest BCUT2D eigenvalue weighted by atomic mass is 10.1. The van der Waals surface area contributed by atoms with Crippen LogP contribution in [0.4, 0.5) is 0 Å². The maximum atomic E-state index is 12.1. The molecule has 0 unspecified atom stereocenters. The second-order valence-electron chi connectivity index (χ2n) is 6.11. The molecule has 128 valence electrons. The number of rotatable bonds is 5. The lowest BCUT2D eigenvalue weighted by molar-refractivity contribution is -0.856. The van der Waals surface area contributed by atoms with Crippen LogP contribution in [0.25, 0.3) is 5.69 Å². The first-order chi connectivity index (χ1) is 11.3. The highest BCUT2D eigenvalue weighted by Crippen LogP contribution is 2.22. The molecule has 2 aromatic rings. The third-order valence-corrected chi connectivity index (χ3v) is 3.97. The van der Waals surface area contributed by atoms with E-state index in [2.05, 4.69) is 9.98 Å². The summed E-state index contributed by atoms with van der Waals surface area (Å²) < 4.78 is 1.62. The minimum absolute atomic E-state index is 0.110. The molecule has 0 spiro atoms. The Hall–Kier alpha value is -2.25. The van der Waals surface area contributed by atoms with Crippen molar-refractivity contribution < 1.29 is 10.0 Å². The number of H-pyrrole nitrogens is 1. The average molecular weight is 347 g/mol. The van der Waals surface area contributed by atoms with Crippen LogP contribution in [0.2, 0.25) is 0 Å². The molecular weight excluding hydrogens is 324 g/mol. The van der Waals surface area contributed by atoms with E-state index in [-0.39, 0.29) is 16.2 Å². The fourth-order valence-electron chi connectivity index (χ4n) is 2.28. The average Bonchev–Trinajstić information content (AvgIpc) is 2.49. The largest absolute Gasteiger partial charge is 0.494 e. The zero-order valence-electron chi connectivity index (χ0n) is 14.4. The van der Waals surface area contributed by atoms with E-state index in [1.807, 2.05) is 46.1 Å². The zero-order valence-corrected chi connectivity index (χ0v) is 15.2. The Bertz CT molecular complexity index is 881. The maximum absolute atomic E-state index is 12.1. The first-order valence-corrected chi connectivity index (χ1v) is 8.17. The van der Waals surface area contributed by atoms with Crippen LogP contribution in [0.3, 0.4) is 0 Å². The molecule has 24 heavy (non-hydrogen) atoms. The summed E-state index contributed by atoms with van der Waals surface area (Å²) >= 11 is 5.24. The Kier molecular flexibility index (Phi) is 5.69. The van der Waals surface area contributed by atoms with Crippen molar-refractivity contribution in [2.75, 3.05) is 27.2 Å². The molecule has 1 heterocycles. The van der Waals surface area contributed by atoms with E-state index in [9.17, 15) is 9.90 Å². The Morgan fingerprint density at radius 1 is 1.38 bits per heavy atom. The Balaban J connectivity index is 2.55. The van der Waals surface area contributed by atoms with Crippen molar-refractivity contribution in [3.8, 4) is 11.6 Å². The number of aromatic hydroxyl groups is 1. The van der Waals surface area contributed by atoms with Gasteiger partial charge in [0, 0.05) is 6.21 Å². The summed E-state index contributed by atoms with van der Waals surface area (Å²) in [5, 5.41) is 10.6. The number of aliphatic imine (C=N–C) groups is 1. The lowest BCUT2D eigenvalue weighted by Gasteiger charge is -2.14. The Morgan fingerprint density at radius 3 is 2.75 bits per heavy atom. The van der Waals surface area contributed by atoms with Gasteiger partial charge in [0.15, 0.2) is 4.77 Å². The van der Waals surface area contributed by atoms with Gasteiger partial charge < -0.3 is 10.0 Å². The smallest absolute Gasteiger partial charge is 0.264 e. The molecule has 3 N–H and O–H groups in total. The van der Waals surface area contributed by atoms with Crippen LogP contribution < -0.4 is 10.5 Å². The third kappa shape index (κ3) is 3.98. The standard InChI is InChI=1S/C17H22N4O2S/c1-11-5-6-12(2)14(9-11)21-16(23)13(15(22)19-17(21)24)10-18-7-8-20(3)4/h5-6,9-10,23H,7-8H2,1-4H3,(H,19,22,24)/p+1. The molecule has 0 radical (unpaired) electrons. The van der Waals surface area contributed by atoms with Gasteiger partial charge in [0.05, 0.1) is 32.9 Å². The summed E-state index contributed by atoms with van der Waals surface area (Å²) in [7, 11) is 4.06. The number of aromatic amines is 1. The second kappa shape index (κ2) is 7.55. The number of hydrogen-bond acceptors (Lipinski definition) is 4. The van der Waals surface area contributed by atoms with Crippen molar-refractivity contribution in [1.29, 1.82) is 0 Å². The SMILES string of the molecule is Cc1ccc(C)c(-n2c(O)c(C=NCC[NH+](C)C)c(=O)[nH]c2=S)c1. The molecule has 0 saturated heterocycles. The summed E-state index contributed by atoms with van der Waals surface area (Å²) in [4.78, 5) is 20.2. The van der Waals surface area contributed by atoms with Crippen molar-refractivity contribution in [2.45, 2.75) is 13.8 Å². The number of likely N-dealkylation sites (N-methyl/N-ethyl adjacent to an activating group) is 1.